The van der Waals surface area contributed by atoms with E-state index in [-0.39, 0.29) is 23.6 Å². The van der Waals surface area contributed by atoms with Crippen LogP contribution >= 0.6 is 0 Å². The summed E-state index contributed by atoms with van der Waals surface area (Å²) >= 11 is 0. The Bertz CT molecular complexity index is 359. The second-order valence-corrected chi connectivity index (χ2v) is 3.49. The molecule has 1 aliphatic rings. The van der Waals surface area contributed by atoms with Gasteiger partial charge in [-0.15, -0.1) is 0 Å². The van der Waals surface area contributed by atoms with E-state index in [2.05, 4.69) is 10.6 Å². The predicted octanol–water partition coefficient (Wildman–Crippen LogP) is 0.288. The van der Waals surface area contributed by atoms with Crippen molar-refractivity contribution in [2.24, 2.45) is 0 Å². The third-order valence-corrected chi connectivity index (χ3v) is 2.33. The summed E-state index contributed by atoms with van der Waals surface area (Å²) in [5.74, 6) is -0.00771. The topological polar surface area (TPSA) is 71.3 Å². The first-order valence-electron chi connectivity index (χ1n) is 4.87. The number of hydrogen-bond acceptors (Lipinski definition) is 3. The van der Waals surface area contributed by atoms with Gasteiger partial charge in [0.15, 0.2) is 5.76 Å². The molecule has 2 heterocycles. The Morgan fingerprint density at radius 2 is 2.47 bits per heavy atom. The van der Waals surface area contributed by atoms with Crippen LogP contribution in [0.15, 0.2) is 22.8 Å². The number of carbonyl (C=O) groups excluding carboxylic acids is 2. The summed E-state index contributed by atoms with van der Waals surface area (Å²) in [6.07, 6.45) is 2.55. The van der Waals surface area contributed by atoms with Crippen LogP contribution in [0.3, 0.4) is 0 Å². The van der Waals surface area contributed by atoms with Crippen molar-refractivity contribution in [3.8, 4) is 0 Å². The minimum Gasteiger partial charge on any atom is -0.459 e. The molecule has 5 nitrogen and oxygen atoms in total. The minimum absolute atomic E-state index is 0.0222. The molecule has 80 valence electrons. The molecular formula is C10H12N2O3. The van der Waals surface area contributed by atoms with Crippen LogP contribution in [0.5, 0.6) is 0 Å². The standard InChI is InChI=1S/C10H12N2O3/c13-9-6-7(3-4-11-9)12-10(14)8-2-1-5-15-8/h1-2,5,7H,3-4,6H2,(H,11,13)(H,12,14). The van der Waals surface area contributed by atoms with Crippen LogP contribution in [0.4, 0.5) is 0 Å². The molecule has 1 aliphatic heterocycles. The molecule has 0 bridgehead atoms. The predicted molar refractivity (Wildman–Crippen MR) is 52.2 cm³/mol. The summed E-state index contributed by atoms with van der Waals surface area (Å²) in [7, 11) is 0. The third kappa shape index (κ3) is 2.37. The maximum absolute atomic E-state index is 11.5. The largest absolute Gasteiger partial charge is 0.459 e. The molecule has 0 aliphatic carbocycles. The Kier molecular flexibility index (Phi) is 2.71. The Morgan fingerprint density at radius 1 is 1.60 bits per heavy atom. The van der Waals surface area contributed by atoms with Crippen LogP contribution in [0, 0.1) is 0 Å². The second-order valence-electron chi connectivity index (χ2n) is 3.49. The second kappa shape index (κ2) is 4.16. The van der Waals surface area contributed by atoms with Crippen molar-refractivity contribution >= 4 is 11.8 Å². The van der Waals surface area contributed by atoms with Crippen LogP contribution < -0.4 is 10.6 Å². The van der Waals surface area contributed by atoms with Gasteiger partial charge in [-0.1, -0.05) is 0 Å². The molecule has 2 amide bonds. The van der Waals surface area contributed by atoms with Crippen LogP contribution in [0.2, 0.25) is 0 Å². The Balaban J connectivity index is 1.91. The number of amides is 2. The van der Waals surface area contributed by atoms with Crippen molar-refractivity contribution < 1.29 is 14.0 Å². The van der Waals surface area contributed by atoms with Gasteiger partial charge < -0.3 is 15.1 Å². The van der Waals surface area contributed by atoms with Crippen molar-refractivity contribution in [3.63, 3.8) is 0 Å². The van der Waals surface area contributed by atoms with E-state index in [4.69, 9.17) is 4.42 Å². The molecule has 0 saturated carbocycles. The van der Waals surface area contributed by atoms with Crippen LogP contribution in [-0.4, -0.2) is 24.4 Å². The molecule has 5 heteroatoms. The summed E-state index contributed by atoms with van der Waals surface area (Å²) in [6.45, 7) is 0.613. The maximum atomic E-state index is 11.5. The molecule has 2 rings (SSSR count). The van der Waals surface area contributed by atoms with Crippen molar-refractivity contribution in [1.82, 2.24) is 10.6 Å². The lowest BCUT2D eigenvalue weighted by Gasteiger charge is -2.22. The van der Waals surface area contributed by atoms with Crippen LogP contribution in [-0.2, 0) is 4.79 Å². The fraction of sp³-hybridized carbons (Fsp3) is 0.400. The van der Waals surface area contributed by atoms with E-state index >= 15 is 0 Å². The smallest absolute Gasteiger partial charge is 0.287 e. The van der Waals surface area contributed by atoms with Crippen molar-refractivity contribution in [2.45, 2.75) is 18.9 Å². The highest BCUT2D eigenvalue weighted by Gasteiger charge is 2.21. The van der Waals surface area contributed by atoms with E-state index in [0.717, 1.165) is 6.42 Å². The molecule has 2 N–H and O–H groups in total. The van der Waals surface area contributed by atoms with E-state index in [0.29, 0.717) is 13.0 Å². The maximum Gasteiger partial charge on any atom is 0.287 e. The van der Waals surface area contributed by atoms with Gasteiger partial charge >= 0.3 is 0 Å². The molecule has 15 heavy (non-hydrogen) atoms. The van der Waals surface area contributed by atoms with Crippen LogP contribution in [0.1, 0.15) is 23.4 Å². The van der Waals surface area contributed by atoms with Crippen LogP contribution in [0.25, 0.3) is 0 Å². The van der Waals surface area contributed by atoms with Gasteiger partial charge in [-0.25, -0.2) is 0 Å². The fourth-order valence-electron chi connectivity index (χ4n) is 1.57. The Labute approximate surface area is 86.8 Å². The summed E-state index contributed by atoms with van der Waals surface area (Å²) < 4.78 is 4.95. The fourth-order valence-corrected chi connectivity index (χ4v) is 1.57. The molecule has 1 atom stereocenters. The van der Waals surface area contributed by atoms with Crippen molar-refractivity contribution in [1.29, 1.82) is 0 Å². The molecular weight excluding hydrogens is 196 g/mol. The van der Waals surface area contributed by atoms with E-state index in [1.54, 1.807) is 12.1 Å². The molecule has 1 aromatic rings. The Hall–Kier alpha value is -1.78. The number of hydrogen-bond donors (Lipinski definition) is 2. The van der Waals surface area contributed by atoms with E-state index < -0.39 is 0 Å². The zero-order valence-electron chi connectivity index (χ0n) is 8.16. The quantitative estimate of drug-likeness (QED) is 0.733. The van der Waals surface area contributed by atoms with Crippen molar-refractivity contribution in [3.05, 3.63) is 24.2 Å². The zero-order valence-corrected chi connectivity index (χ0v) is 8.16. The lowest BCUT2D eigenvalue weighted by atomic mass is 10.1. The van der Waals surface area contributed by atoms with Crippen molar-refractivity contribution in [2.75, 3.05) is 6.54 Å². The summed E-state index contributed by atoms with van der Waals surface area (Å²) in [4.78, 5) is 22.6. The summed E-state index contributed by atoms with van der Waals surface area (Å²) in [5, 5.41) is 5.46. The molecule has 1 fully saturated rings. The highest BCUT2D eigenvalue weighted by Crippen LogP contribution is 2.06. The average molecular weight is 208 g/mol. The monoisotopic (exact) mass is 208 g/mol. The van der Waals surface area contributed by atoms with E-state index in [1.807, 2.05) is 0 Å². The molecule has 0 radical (unpaired) electrons. The molecule has 1 unspecified atom stereocenters. The zero-order chi connectivity index (χ0) is 10.7. The first kappa shape index (κ1) is 9.76. The minimum atomic E-state index is -0.264. The lowest BCUT2D eigenvalue weighted by molar-refractivity contribution is -0.122. The summed E-state index contributed by atoms with van der Waals surface area (Å²) in [6, 6.07) is 3.16. The molecule has 0 aromatic carbocycles. The van der Waals surface area contributed by atoms with Gasteiger partial charge in [0, 0.05) is 19.0 Å². The highest BCUT2D eigenvalue weighted by molar-refractivity contribution is 5.92. The first-order valence-corrected chi connectivity index (χ1v) is 4.87. The van der Waals surface area contributed by atoms with Gasteiger partial charge in [0.2, 0.25) is 5.91 Å². The van der Waals surface area contributed by atoms with Gasteiger partial charge in [-0.2, -0.15) is 0 Å². The lowest BCUT2D eigenvalue weighted by Crippen LogP contribution is -2.45. The molecule has 1 saturated heterocycles. The summed E-state index contributed by atoms with van der Waals surface area (Å²) in [5.41, 5.74) is 0. The third-order valence-electron chi connectivity index (χ3n) is 2.33. The Morgan fingerprint density at radius 3 is 3.13 bits per heavy atom. The number of piperidine rings is 1. The normalized spacial score (nSPS) is 20.8. The van der Waals surface area contributed by atoms with Gasteiger partial charge in [-0.3, -0.25) is 9.59 Å². The SMILES string of the molecule is O=C1CC(NC(=O)c2ccco2)CCN1. The molecule has 1 aromatic heterocycles. The number of rotatable bonds is 2. The van der Waals surface area contributed by atoms with Gasteiger partial charge in [0.05, 0.1) is 6.26 Å². The van der Waals surface area contributed by atoms with Gasteiger partial charge in [0.25, 0.3) is 5.91 Å². The number of furan rings is 1. The number of nitrogens with one attached hydrogen (secondary N) is 2. The number of carbonyl (C=O) groups is 2. The van der Waals surface area contributed by atoms with Gasteiger partial charge in [0.1, 0.15) is 0 Å². The highest BCUT2D eigenvalue weighted by atomic mass is 16.3. The average Bonchev–Trinajstić information content (AvgIpc) is 2.70. The van der Waals surface area contributed by atoms with E-state index in [9.17, 15) is 9.59 Å². The van der Waals surface area contributed by atoms with Gasteiger partial charge in [-0.05, 0) is 18.6 Å². The first-order chi connectivity index (χ1) is 7.25. The van der Waals surface area contributed by atoms with E-state index in [1.165, 1.54) is 6.26 Å². The molecule has 0 spiro atoms.